The van der Waals surface area contributed by atoms with Gasteiger partial charge in [0, 0.05) is 24.7 Å². The summed E-state index contributed by atoms with van der Waals surface area (Å²) in [6, 6.07) is 10.9. The summed E-state index contributed by atoms with van der Waals surface area (Å²) >= 11 is 0. The van der Waals surface area contributed by atoms with Crippen molar-refractivity contribution in [2.24, 2.45) is 5.92 Å². The lowest BCUT2D eigenvalue weighted by Gasteiger charge is -2.34. The summed E-state index contributed by atoms with van der Waals surface area (Å²) in [5.74, 6) is 1.87. The topological polar surface area (TPSA) is 31.9 Å². The van der Waals surface area contributed by atoms with E-state index in [0.717, 1.165) is 19.5 Å². The minimum atomic E-state index is 0.585. The average Bonchev–Trinajstić information content (AvgIpc) is 3.03. The van der Waals surface area contributed by atoms with E-state index in [1.807, 2.05) is 6.20 Å². The van der Waals surface area contributed by atoms with Crippen molar-refractivity contribution in [3.05, 3.63) is 53.3 Å². The molecule has 1 aliphatic heterocycles. The van der Waals surface area contributed by atoms with E-state index in [1.165, 1.54) is 36.2 Å². The lowest BCUT2D eigenvalue weighted by molar-refractivity contribution is 0.197. The van der Waals surface area contributed by atoms with E-state index in [2.05, 4.69) is 66.2 Å². The summed E-state index contributed by atoms with van der Waals surface area (Å²) in [6.45, 7) is 10.4. The molecule has 3 heteroatoms. The number of benzene rings is 1. The number of H-pyrrole nitrogens is 1. The third-order valence-corrected chi connectivity index (χ3v) is 5.19. The normalized spacial score (nSPS) is 20.4. The van der Waals surface area contributed by atoms with Gasteiger partial charge in [-0.2, -0.15) is 5.10 Å². The molecule has 0 aliphatic carbocycles. The highest BCUT2D eigenvalue weighted by Gasteiger charge is 2.25. The Kier molecular flexibility index (Phi) is 5.72. The summed E-state index contributed by atoms with van der Waals surface area (Å²) in [6.07, 6.45) is 5.74. The number of nitrogens with zero attached hydrogens (tertiary/aromatic N) is 2. The molecule has 0 amide bonds. The van der Waals surface area contributed by atoms with Crippen LogP contribution in [-0.2, 0) is 6.42 Å². The highest BCUT2D eigenvalue weighted by atomic mass is 15.2. The Bertz CT molecular complexity index is 617. The van der Waals surface area contributed by atoms with Crippen LogP contribution < -0.4 is 0 Å². The Morgan fingerprint density at radius 3 is 2.75 bits per heavy atom. The van der Waals surface area contributed by atoms with Crippen LogP contribution in [-0.4, -0.2) is 34.7 Å². The third kappa shape index (κ3) is 4.27. The number of piperidine rings is 1. The summed E-state index contributed by atoms with van der Waals surface area (Å²) in [5.41, 5.74) is 4.26. The molecule has 130 valence electrons. The maximum atomic E-state index is 4.34. The highest BCUT2D eigenvalue weighted by Crippen LogP contribution is 2.30. The Hall–Kier alpha value is -1.61. The van der Waals surface area contributed by atoms with Crippen LogP contribution >= 0.6 is 0 Å². The number of aromatic amines is 1. The highest BCUT2D eigenvalue weighted by molar-refractivity contribution is 5.23. The molecule has 2 heterocycles. The maximum Gasteiger partial charge on any atom is 0.0522 e. The summed E-state index contributed by atoms with van der Waals surface area (Å²) < 4.78 is 0. The molecule has 3 rings (SSSR count). The van der Waals surface area contributed by atoms with Crippen LogP contribution in [0.4, 0.5) is 0 Å². The lowest BCUT2D eigenvalue weighted by atomic mass is 9.89. The SMILES string of the molecule is CC(C)Cc1cn[nH]c1[C@H]1CCCN(C[C@@H](C)c2ccccc2)C1. The molecule has 0 spiro atoms. The van der Waals surface area contributed by atoms with Gasteiger partial charge in [0.1, 0.15) is 0 Å². The largest absolute Gasteiger partial charge is 0.302 e. The standard InChI is InChI=1S/C21H31N3/c1-16(2)12-20-13-22-23-21(20)19-10-7-11-24(15-19)14-17(3)18-8-5-4-6-9-18/h4-6,8-9,13,16-17,19H,7,10-12,14-15H2,1-3H3,(H,22,23)/t17-,19+/m1/s1. The van der Waals surface area contributed by atoms with Crippen molar-refractivity contribution >= 4 is 0 Å². The molecule has 1 saturated heterocycles. The van der Waals surface area contributed by atoms with Crippen molar-refractivity contribution < 1.29 is 0 Å². The van der Waals surface area contributed by atoms with E-state index >= 15 is 0 Å². The van der Waals surface area contributed by atoms with Crippen LogP contribution in [0.1, 0.15) is 62.3 Å². The van der Waals surface area contributed by atoms with Gasteiger partial charge in [0.15, 0.2) is 0 Å². The van der Waals surface area contributed by atoms with Crippen molar-refractivity contribution in [3.63, 3.8) is 0 Å². The number of rotatable bonds is 6. The Morgan fingerprint density at radius 2 is 2.00 bits per heavy atom. The van der Waals surface area contributed by atoms with E-state index in [-0.39, 0.29) is 0 Å². The zero-order valence-corrected chi connectivity index (χ0v) is 15.3. The smallest absolute Gasteiger partial charge is 0.0522 e. The van der Waals surface area contributed by atoms with Crippen molar-refractivity contribution in [3.8, 4) is 0 Å². The van der Waals surface area contributed by atoms with Gasteiger partial charge in [-0.05, 0) is 48.8 Å². The van der Waals surface area contributed by atoms with Gasteiger partial charge in [-0.3, -0.25) is 5.10 Å². The first kappa shape index (κ1) is 17.2. The minimum Gasteiger partial charge on any atom is -0.302 e. The number of hydrogen-bond acceptors (Lipinski definition) is 2. The molecule has 0 bridgehead atoms. The minimum absolute atomic E-state index is 0.585. The molecular weight excluding hydrogens is 294 g/mol. The predicted molar refractivity (Wildman–Crippen MR) is 100 cm³/mol. The lowest BCUT2D eigenvalue weighted by Crippen LogP contribution is -2.37. The van der Waals surface area contributed by atoms with Crippen LogP contribution in [0.3, 0.4) is 0 Å². The molecule has 1 fully saturated rings. The molecule has 0 radical (unpaired) electrons. The fourth-order valence-corrected chi connectivity index (χ4v) is 4.01. The zero-order valence-electron chi connectivity index (χ0n) is 15.3. The number of likely N-dealkylation sites (tertiary alicyclic amines) is 1. The second kappa shape index (κ2) is 7.98. The molecule has 24 heavy (non-hydrogen) atoms. The zero-order chi connectivity index (χ0) is 16.9. The van der Waals surface area contributed by atoms with Gasteiger partial charge in [0.05, 0.1) is 6.20 Å². The summed E-state index contributed by atoms with van der Waals surface area (Å²) in [4.78, 5) is 2.64. The van der Waals surface area contributed by atoms with Gasteiger partial charge in [0.2, 0.25) is 0 Å². The Morgan fingerprint density at radius 1 is 1.21 bits per heavy atom. The molecule has 3 nitrogen and oxygen atoms in total. The van der Waals surface area contributed by atoms with E-state index in [4.69, 9.17) is 0 Å². The monoisotopic (exact) mass is 325 g/mol. The number of hydrogen-bond donors (Lipinski definition) is 1. The van der Waals surface area contributed by atoms with Crippen molar-refractivity contribution in [2.75, 3.05) is 19.6 Å². The quantitative estimate of drug-likeness (QED) is 0.842. The van der Waals surface area contributed by atoms with Crippen LogP contribution in [0.5, 0.6) is 0 Å². The first-order valence-corrected chi connectivity index (χ1v) is 9.43. The molecule has 1 N–H and O–H groups in total. The van der Waals surface area contributed by atoms with Crippen LogP contribution in [0, 0.1) is 5.92 Å². The fourth-order valence-electron chi connectivity index (χ4n) is 4.01. The molecule has 0 unspecified atom stereocenters. The number of aromatic nitrogens is 2. The van der Waals surface area contributed by atoms with Gasteiger partial charge in [-0.1, -0.05) is 51.1 Å². The van der Waals surface area contributed by atoms with Gasteiger partial charge in [-0.25, -0.2) is 0 Å². The second-order valence-electron chi connectivity index (χ2n) is 7.82. The van der Waals surface area contributed by atoms with Gasteiger partial charge in [0.25, 0.3) is 0 Å². The average molecular weight is 326 g/mol. The van der Waals surface area contributed by atoms with Crippen molar-refractivity contribution in [2.45, 2.75) is 51.9 Å². The van der Waals surface area contributed by atoms with Gasteiger partial charge < -0.3 is 4.90 Å². The number of nitrogens with one attached hydrogen (secondary N) is 1. The van der Waals surface area contributed by atoms with E-state index in [0.29, 0.717) is 17.8 Å². The molecule has 1 aromatic heterocycles. The van der Waals surface area contributed by atoms with E-state index < -0.39 is 0 Å². The first-order chi connectivity index (χ1) is 11.6. The Labute approximate surface area is 146 Å². The van der Waals surface area contributed by atoms with Gasteiger partial charge >= 0.3 is 0 Å². The van der Waals surface area contributed by atoms with Crippen molar-refractivity contribution in [1.29, 1.82) is 0 Å². The van der Waals surface area contributed by atoms with Crippen LogP contribution in [0.25, 0.3) is 0 Å². The Balaban J connectivity index is 1.63. The second-order valence-corrected chi connectivity index (χ2v) is 7.82. The molecule has 0 saturated carbocycles. The third-order valence-electron chi connectivity index (χ3n) is 5.19. The first-order valence-electron chi connectivity index (χ1n) is 9.43. The van der Waals surface area contributed by atoms with Crippen molar-refractivity contribution in [1.82, 2.24) is 15.1 Å². The fraction of sp³-hybridized carbons (Fsp3) is 0.571. The maximum absolute atomic E-state index is 4.34. The predicted octanol–water partition coefficient (Wildman–Crippen LogP) is 4.59. The van der Waals surface area contributed by atoms with Gasteiger partial charge in [-0.15, -0.1) is 0 Å². The summed E-state index contributed by atoms with van der Waals surface area (Å²) in [7, 11) is 0. The summed E-state index contributed by atoms with van der Waals surface area (Å²) in [5, 5.41) is 7.65. The molecular formula is C21H31N3. The molecule has 1 aliphatic rings. The van der Waals surface area contributed by atoms with Crippen LogP contribution in [0.15, 0.2) is 36.5 Å². The molecule has 2 aromatic rings. The molecule has 1 aromatic carbocycles. The molecule has 2 atom stereocenters. The van der Waals surface area contributed by atoms with E-state index in [1.54, 1.807) is 0 Å². The van der Waals surface area contributed by atoms with Crippen LogP contribution in [0.2, 0.25) is 0 Å². The van der Waals surface area contributed by atoms with E-state index in [9.17, 15) is 0 Å².